The molecule has 0 aromatic heterocycles. The minimum absolute atomic E-state index is 0.0333. The molecule has 10 nitrogen and oxygen atoms in total. The van der Waals surface area contributed by atoms with Crippen LogP contribution in [0.4, 0.5) is 0 Å². The number of hydrogen-bond acceptors (Lipinski definition) is 6. The van der Waals surface area contributed by atoms with E-state index in [1.54, 1.807) is 48.5 Å². The molecule has 1 saturated heterocycles. The van der Waals surface area contributed by atoms with Crippen LogP contribution in [0, 0.1) is 11.3 Å². The number of nitrogens with two attached hydrogens (primary N) is 1. The zero-order valence-electron chi connectivity index (χ0n) is 26.2. The van der Waals surface area contributed by atoms with Crippen LogP contribution < -0.4 is 26.4 Å². The van der Waals surface area contributed by atoms with Crippen molar-refractivity contribution in [2.45, 2.75) is 69.3 Å². The van der Waals surface area contributed by atoms with Crippen molar-refractivity contribution in [1.82, 2.24) is 20.7 Å². The fraction of sp³-hybridized carbons (Fsp3) is 0.400. The fourth-order valence-electron chi connectivity index (χ4n) is 5.68. The molecule has 0 saturated carbocycles. The van der Waals surface area contributed by atoms with Gasteiger partial charge in [-0.1, -0.05) is 84.9 Å². The molecule has 246 valence electrons. The number of aryl methyl sites for hydroxylation is 1. The zero-order valence-corrected chi connectivity index (χ0v) is 27.0. The Labute approximate surface area is 272 Å². The van der Waals surface area contributed by atoms with Crippen LogP contribution in [-0.2, 0) is 38.3 Å². The topological polar surface area (TPSA) is 166 Å². The summed E-state index contributed by atoms with van der Waals surface area (Å²) in [6, 6.07) is 23.9. The van der Waals surface area contributed by atoms with Crippen molar-refractivity contribution in [3.8, 4) is 0 Å². The average Bonchev–Trinajstić information content (AvgIpc) is 3.06. The lowest BCUT2D eigenvalue weighted by molar-refractivity contribution is -0.130. The SMILES string of the molecule is N=C(N)c1ccc(CNC(=O)[C@H](CCC2CCNCC2)NC(=O)C(CCCc2ccccc2)NS(=O)(=O)Cc2ccccc2)cc1. The molecule has 7 N–H and O–H groups in total. The van der Waals surface area contributed by atoms with Gasteiger partial charge in [0.1, 0.15) is 17.9 Å². The number of carbonyl (C=O) groups excluding carboxylic acids is 2. The van der Waals surface area contributed by atoms with E-state index in [4.69, 9.17) is 11.1 Å². The number of benzene rings is 3. The number of carbonyl (C=O) groups is 2. The van der Waals surface area contributed by atoms with Crippen molar-refractivity contribution < 1.29 is 18.0 Å². The lowest BCUT2D eigenvalue weighted by Gasteiger charge is -2.26. The Kier molecular flexibility index (Phi) is 13.3. The number of amidine groups is 1. The van der Waals surface area contributed by atoms with E-state index in [1.165, 1.54) is 0 Å². The van der Waals surface area contributed by atoms with Gasteiger partial charge in [-0.25, -0.2) is 13.1 Å². The molecule has 1 aliphatic rings. The Morgan fingerprint density at radius 1 is 0.826 bits per heavy atom. The van der Waals surface area contributed by atoms with E-state index in [9.17, 15) is 18.0 Å². The first kappa shape index (κ1) is 34.8. The van der Waals surface area contributed by atoms with Crippen molar-refractivity contribution in [2.24, 2.45) is 11.7 Å². The van der Waals surface area contributed by atoms with Crippen LogP contribution in [0.3, 0.4) is 0 Å². The number of sulfonamides is 1. The molecule has 11 heteroatoms. The molecule has 3 aromatic carbocycles. The maximum Gasteiger partial charge on any atom is 0.242 e. The molecule has 3 aromatic rings. The minimum Gasteiger partial charge on any atom is -0.384 e. The highest BCUT2D eigenvalue weighted by atomic mass is 32.2. The minimum atomic E-state index is -3.86. The van der Waals surface area contributed by atoms with E-state index < -0.39 is 28.0 Å². The van der Waals surface area contributed by atoms with Crippen molar-refractivity contribution in [3.63, 3.8) is 0 Å². The lowest BCUT2D eigenvalue weighted by Crippen LogP contribution is -2.53. The summed E-state index contributed by atoms with van der Waals surface area (Å²) in [5.74, 6) is -0.681. The van der Waals surface area contributed by atoms with E-state index in [0.717, 1.165) is 43.5 Å². The molecule has 46 heavy (non-hydrogen) atoms. The van der Waals surface area contributed by atoms with Crippen LogP contribution in [0.2, 0.25) is 0 Å². The average molecular weight is 647 g/mol. The third kappa shape index (κ3) is 11.7. The Hall–Kier alpha value is -4.06. The van der Waals surface area contributed by atoms with Gasteiger partial charge in [-0.05, 0) is 80.6 Å². The first-order valence-electron chi connectivity index (χ1n) is 16.0. The highest BCUT2D eigenvalue weighted by Crippen LogP contribution is 2.19. The van der Waals surface area contributed by atoms with Crippen LogP contribution in [0.5, 0.6) is 0 Å². The monoisotopic (exact) mass is 646 g/mol. The van der Waals surface area contributed by atoms with Crippen LogP contribution in [0.15, 0.2) is 84.9 Å². The van der Waals surface area contributed by atoms with Crippen LogP contribution >= 0.6 is 0 Å². The molecule has 1 heterocycles. The predicted octanol–water partition coefficient (Wildman–Crippen LogP) is 3.36. The van der Waals surface area contributed by atoms with Gasteiger partial charge in [-0.2, -0.15) is 0 Å². The van der Waals surface area contributed by atoms with Gasteiger partial charge in [0, 0.05) is 12.1 Å². The van der Waals surface area contributed by atoms with E-state index in [1.807, 2.05) is 36.4 Å². The summed E-state index contributed by atoms with van der Waals surface area (Å²) in [5, 5.41) is 16.8. The summed E-state index contributed by atoms with van der Waals surface area (Å²) in [6.45, 7) is 2.09. The standard InChI is InChI=1S/C35H46N6O4S/c36-33(37)30-17-14-28(15-18-30)24-39-34(42)31(19-16-27-20-22-38-23-21-27)40-35(43)32(13-7-12-26-8-3-1-4-9-26)41-46(44,45)25-29-10-5-2-6-11-29/h1-6,8-11,14-15,17-18,27,31-32,38,41H,7,12-13,16,19-25H2,(H3,36,37)(H,39,42)(H,40,43)/t31-,32?/m0/s1. The number of piperidine rings is 1. The third-order valence-corrected chi connectivity index (χ3v) is 9.68. The second-order valence-electron chi connectivity index (χ2n) is 12.0. The van der Waals surface area contributed by atoms with Gasteiger partial charge in [0.15, 0.2) is 0 Å². The first-order chi connectivity index (χ1) is 22.2. The Morgan fingerprint density at radius 2 is 1.46 bits per heavy atom. The number of hydrogen-bond donors (Lipinski definition) is 6. The van der Waals surface area contributed by atoms with Gasteiger partial charge in [-0.15, -0.1) is 0 Å². The van der Waals surface area contributed by atoms with Crippen molar-refractivity contribution >= 4 is 27.7 Å². The van der Waals surface area contributed by atoms with Gasteiger partial charge < -0.3 is 21.7 Å². The van der Waals surface area contributed by atoms with Gasteiger partial charge in [-0.3, -0.25) is 15.0 Å². The quantitative estimate of drug-likeness (QED) is 0.0972. The molecular formula is C35H46N6O4S. The highest BCUT2D eigenvalue weighted by molar-refractivity contribution is 7.88. The van der Waals surface area contributed by atoms with Gasteiger partial charge >= 0.3 is 0 Å². The molecule has 1 aliphatic heterocycles. The summed E-state index contributed by atoms with van der Waals surface area (Å²) in [5.41, 5.74) is 8.70. The van der Waals surface area contributed by atoms with Gasteiger partial charge in [0.05, 0.1) is 5.75 Å². The molecular weight excluding hydrogens is 600 g/mol. The number of rotatable bonds is 17. The zero-order chi connectivity index (χ0) is 32.8. The third-order valence-electron chi connectivity index (χ3n) is 8.33. The van der Waals surface area contributed by atoms with E-state index in [2.05, 4.69) is 20.7 Å². The van der Waals surface area contributed by atoms with Crippen molar-refractivity contribution in [3.05, 3.63) is 107 Å². The first-order valence-corrected chi connectivity index (χ1v) is 17.6. The molecule has 0 radical (unpaired) electrons. The molecule has 2 atom stereocenters. The largest absolute Gasteiger partial charge is 0.384 e. The Morgan fingerprint density at radius 3 is 2.09 bits per heavy atom. The van der Waals surface area contributed by atoms with E-state index >= 15 is 0 Å². The summed E-state index contributed by atoms with van der Waals surface area (Å²) >= 11 is 0. The number of nitrogens with one attached hydrogen (secondary N) is 5. The molecule has 0 bridgehead atoms. The normalized spacial score (nSPS) is 15.0. The summed E-state index contributed by atoms with van der Waals surface area (Å²) in [6.07, 6.45) is 4.77. The van der Waals surface area contributed by atoms with Crippen LogP contribution in [-0.4, -0.2) is 51.2 Å². The van der Waals surface area contributed by atoms with Crippen molar-refractivity contribution in [2.75, 3.05) is 13.1 Å². The second-order valence-corrected chi connectivity index (χ2v) is 13.7. The second kappa shape index (κ2) is 17.6. The molecule has 0 aliphatic carbocycles. The Balaban J connectivity index is 1.46. The summed E-state index contributed by atoms with van der Waals surface area (Å²) in [4.78, 5) is 27.3. The fourth-order valence-corrected chi connectivity index (χ4v) is 7.05. The predicted molar refractivity (Wildman–Crippen MR) is 181 cm³/mol. The number of nitrogen functional groups attached to an aromatic ring is 1. The maximum absolute atomic E-state index is 13.8. The smallest absolute Gasteiger partial charge is 0.242 e. The summed E-state index contributed by atoms with van der Waals surface area (Å²) < 4.78 is 29.1. The van der Waals surface area contributed by atoms with Gasteiger partial charge in [0.2, 0.25) is 21.8 Å². The van der Waals surface area contributed by atoms with Gasteiger partial charge in [0.25, 0.3) is 0 Å². The van der Waals surface area contributed by atoms with E-state index in [0.29, 0.717) is 36.3 Å². The molecule has 0 spiro atoms. The summed E-state index contributed by atoms with van der Waals surface area (Å²) in [7, 11) is -3.86. The molecule has 1 fully saturated rings. The molecule has 2 amide bonds. The molecule has 4 rings (SSSR count). The number of amides is 2. The highest BCUT2D eigenvalue weighted by Gasteiger charge is 2.29. The van der Waals surface area contributed by atoms with Crippen molar-refractivity contribution in [1.29, 1.82) is 5.41 Å². The van der Waals surface area contributed by atoms with E-state index in [-0.39, 0.29) is 30.5 Å². The van der Waals surface area contributed by atoms with Crippen LogP contribution in [0.25, 0.3) is 0 Å². The molecule has 1 unspecified atom stereocenters. The lowest BCUT2D eigenvalue weighted by atomic mass is 9.91. The maximum atomic E-state index is 13.8. The Bertz CT molecular complexity index is 1510. The van der Waals surface area contributed by atoms with Crippen LogP contribution in [0.1, 0.15) is 60.8 Å².